The Morgan fingerprint density at radius 3 is 2.44 bits per heavy atom. The predicted molar refractivity (Wildman–Crippen MR) is 93.4 cm³/mol. The van der Waals surface area contributed by atoms with Crippen molar-refractivity contribution in [1.29, 1.82) is 0 Å². The molecule has 0 unspecified atom stereocenters. The Labute approximate surface area is 145 Å². The minimum Gasteiger partial charge on any atom is -0.508 e. The summed E-state index contributed by atoms with van der Waals surface area (Å²) >= 11 is 0. The molecule has 5 heteroatoms. The van der Waals surface area contributed by atoms with Crippen LogP contribution in [0.25, 0.3) is 0 Å². The lowest BCUT2D eigenvalue weighted by Gasteiger charge is -2.30. The first kappa shape index (κ1) is 16.9. The van der Waals surface area contributed by atoms with Crippen molar-refractivity contribution in [2.75, 3.05) is 0 Å². The standard InChI is InChI=1S/C20H20O5/c1-4-20(2,3)18-14(23)10-16-17(19(18)24)13(22)9-15(25-16)11-5-7-12(21)8-6-11/h4-8,10,15,21,23-24H,1,9H2,2-3H3/t15-/m1/s1. The van der Waals surface area contributed by atoms with Gasteiger partial charge in [-0.3, -0.25) is 4.79 Å². The van der Waals surface area contributed by atoms with Crippen LogP contribution in [-0.4, -0.2) is 21.1 Å². The molecule has 3 N–H and O–H groups in total. The number of aromatic hydroxyl groups is 3. The lowest BCUT2D eigenvalue weighted by Crippen LogP contribution is -2.22. The zero-order valence-corrected chi connectivity index (χ0v) is 14.1. The van der Waals surface area contributed by atoms with Gasteiger partial charge in [0.1, 0.15) is 34.7 Å². The van der Waals surface area contributed by atoms with E-state index in [-0.39, 0.29) is 46.3 Å². The maximum Gasteiger partial charge on any atom is 0.174 e. The molecular formula is C20H20O5. The second-order valence-electron chi connectivity index (χ2n) is 6.74. The van der Waals surface area contributed by atoms with E-state index in [0.717, 1.165) is 5.56 Å². The molecule has 0 aromatic heterocycles. The molecule has 1 heterocycles. The van der Waals surface area contributed by atoms with E-state index >= 15 is 0 Å². The Morgan fingerprint density at radius 1 is 1.20 bits per heavy atom. The minimum absolute atomic E-state index is 0.0596. The highest BCUT2D eigenvalue weighted by atomic mass is 16.5. The zero-order chi connectivity index (χ0) is 18.4. The summed E-state index contributed by atoms with van der Waals surface area (Å²) in [5.74, 6) is -0.418. The van der Waals surface area contributed by atoms with E-state index in [4.69, 9.17) is 4.74 Å². The molecule has 25 heavy (non-hydrogen) atoms. The van der Waals surface area contributed by atoms with E-state index in [1.54, 1.807) is 32.1 Å². The first-order valence-corrected chi connectivity index (χ1v) is 7.96. The van der Waals surface area contributed by atoms with Gasteiger partial charge in [-0.15, -0.1) is 6.58 Å². The van der Waals surface area contributed by atoms with Crippen molar-refractivity contribution in [3.63, 3.8) is 0 Å². The van der Waals surface area contributed by atoms with E-state index in [1.807, 2.05) is 0 Å². The highest BCUT2D eigenvalue weighted by molar-refractivity contribution is 6.03. The molecule has 1 atom stereocenters. The summed E-state index contributed by atoms with van der Waals surface area (Å²) in [6, 6.07) is 7.74. The molecule has 0 saturated carbocycles. The predicted octanol–water partition coefficient (Wildman–Crippen LogP) is 3.97. The lowest BCUT2D eigenvalue weighted by atomic mass is 9.81. The van der Waals surface area contributed by atoms with Crippen molar-refractivity contribution in [2.24, 2.45) is 0 Å². The third kappa shape index (κ3) is 2.82. The van der Waals surface area contributed by atoms with Crippen LogP contribution in [0.4, 0.5) is 0 Å². The molecule has 2 aromatic carbocycles. The van der Waals surface area contributed by atoms with Crippen LogP contribution in [-0.2, 0) is 5.41 Å². The largest absolute Gasteiger partial charge is 0.508 e. The van der Waals surface area contributed by atoms with Crippen LogP contribution in [0, 0.1) is 0 Å². The van der Waals surface area contributed by atoms with Crippen molar-refractivity contribution in [3.8, 4) is 23.0 Å². The number of rotatable bonds is 3. The molecule has 5 nitrogen and oxygen atoms in total. The Kier molecular flexibility index (Phi) is 3.95. The van der Waals surface area contributed by atoms with Crippen LogP contribution in [0.15, 0.2) is 43.0 Å². The molecule has 0 spiro atoms. The van der Waals surface area contributed by atoms with Crippen LogP contribution >= 0.6 is 0 Å². The summed E-state index contributed by atoms with van der Waals surface area (Å²) in [6.45, 7) is 7.29. The summed E-state index contributed by atoms with van der Waals surface area (Å²) < 4.78 is 5.84. The summed E-state index contributed by atoms with van der Waals surface area (Å²) in [4.78, 5) is 12.6. The molecule has 2 aromatic rings. The number of fused-ring (bicyclic) bond motifs is 1. The van der Waals surface area contributed by atoms with Gasteiger partial charge in [-0.1, -0.05) is 32.1 Å². The summed E-state index contributed by atoms with van der Waals surface area (Å²) in [7, 11) is 0. The van der Waals surface area contributed by atoms with Crippen molar-refractivity contribution < 1.29 is 24.9 Å². The number of ketones is 1. The molecule has 1 aliphatic rings. The van der Waals surface area contributed by atoms with E-state index in [2.05, 4.69) is 6.58 Å². The number of Topliss-reactive ketones (excluding diaryl/α,β-unsaturated/α-hetero) is 1. The van der Waals surface area contributed by atoms with Gasteiger partial charge in [-0.05, 0) is 17.7 Å². The monoisotopic (exact) mass is 340 g/mol. The first-order chi connectivity index (χ1) is 11.7. The molecule has 1 aliphatic heterocycles. The van der Waals surface area contributed by atoms with E-state index < -0.39 is 11.5 Å². The van der Waals surface area contributed by atoms with Crippen LogP contribution < -0.4 is 4.74 Å². The number of carbonyl (C=O) groups is 1. The highest BCUT2D eigenvalue weighted by Gasteiger charge is 2.35. The topological polar surface area (TPSA) is 87.0 Å². The van der Waals surface area contributed by atoms with Gasteiger partial charge in [0.2, 0.25) is 0 Å². The van der Waals surface area contributed by atoms with E-state index in [9.17, 15) is 20.1 Å². The minimum atomic E-state index is -0.711. The number of phenols is 3. The number of ether oxygens (including phenoxy) is 1. The average molecular weight is 340 g/mol. The van der Waals surface area contributed by atoms with Gasteiger partial charge in [-0.25, -0.2) is 0 Å². The lowest BCUT2D eigenvalue weighted by molar-refractivity contribution is 0.0844. The number of carbonyl (C=O) groups excluding carboxylic acids is 1. The van der Waals surface area contributed by atoms with Crippen LogP contribution in [0.5, 0.6) is 23.0 Å². The van der Waals surface area contributed by atoms with E-state index in [0.29, 0.717) is 0 Å². The third-order valence-corrected chi connectivity index (χ3v) is 4.58. The van der Waals surface area contributed by atoms with Crippen LogP contribution in [0.3, 0.4) is 0 Å². The van der Waals surface area contributed by atoms with Crippen molar-refractivity contribution >= 4 is 5.78 Å². The normalized spacial score (nSPS) is 16.9. The molecule has 3 rings (SSSR count). The van der Waals surface area contributed by atoms with Gasteiger partial charge < -0.3 is 20.1 Å². The molecule has 0 aliphatic carbocycles. The molecule has 0 bridgehead atoms. The van der Waals surface area contributed by atoms with Gasteiger partial charge in [-0.2, -0.15) is 0 Å². The number of allylic oxidation sites excluding steroid dienone is 1. The van der Waals surface area contributed by atoms with E-state index in [1.165, 1.54) is 18.2 Å². The maximum atomic E-state index is 12.6. The van der Waals surface area contributed by atoms with Gasteiger partial charge in [0.15, 0.2) is 5.78 Å². The van der Waals surface area contributed by atoms with Crippen molar-refractivity contribution in [2.45, 2.75) is 31.8 Å². The van der Waals surface area contributed by atoms with Gasteiger partial charge in [0, 0.05) is 17.0 Å². The maximum absolute atomic E-state index is 12.6. The fraction of sp³-hybridized carbons (Fsp3) is 0.250. The summed E-state index contributed by atoms with van der Waals surface area (Å²) in [5, 5.41) is 30.4. The summed E-state index contributed by atoms with van der Waals surface area (Å²) in [6.07, 6.45) is 1.11. The first-order valence-electron chi connectivity index (χ1n) is 7.96. The molecule has 0 amide bonds. The smallest absolute Gasteiger partial charge is 0.174 e. The van der Waals surface area contributed by atoms with Crippen molar-refractivity contribution in [1.82, 2.24) is 0 Å². The van der Waals surface area contributed by atoms with Gasteiger partial charge in [0.25, 0.3) is 0 Å². The van der Waals surface area contributed by atoms with Gasteiger partial charge in [0.05, 0.1) is 6.42 Å². The van der Waals surface area contributed by atoms with Crippen molar-refractivity contribution in [3.05, 3.63) is 59.7 Å². The number of hydrogen-bond acceptors (Lipinski definition) is 5. The van der Waals surface area contributed by atoms with Crippen LogP contribution in [0.2, 0.25) is 0 Å². The molecule has 0 fully saturated rings. The zero-order valence-electron chi connectivity index (χ0n) is 14.1. The number of hydrogen-bond donors (Lipinski definition) is 3. The quantitative estimate of drug-likeness (QED) is 0.736. The average Bonchev–Trinajstić information content (AvgIpc) is 2.54. The number of phenolic OH excluding ortho intramolecular Hbond substituents is 3. The Hall–Kier alpha value is -2.95. The Morgan fingerprint density at radius 2 is 1.84 bits per heavy atom. The second-order valence-corrected chi connectivity index (χ2v) is 6.74. The van der Waals surface area contributed by atoms with Gasteiger partial charge >= 0.3 is 0 Å². The SMILES string of the molecule is C=CC(C)(C)c1c(O)cc2c(c1O)C(=O)C[C@H](c1ccc(O)cc1)O2. The fourth-order valence-corrected chi connectivity index (χ4v) is 3.07. The number of benzene rings is 2. The molecule has 0 radical (unpaired) electrons. The molecular weight excluding hydrogens is 320 g/mol. The third-order valence-electron chi connectivity index (χ3n) is 4.58. The van der Waals surface area contributed by atoms with Crippen LogP contribution in [0.1, 0.15) is 47.9 Å². The highest BCUT2D eigenvalue weighted by Crippen LogP contribution is 2.48. The summed E-state index contributed by atoms with van der Waals surface area (Å²) in [5.41, 5.74) is 0.349. The molecule has 0 saturated heterocycles. The Bertz CT molecular complexity index is 849. The fourth-order valence-electron chi connectivity index (χ4n) is 3.07. The molecule has 130 valence electrons. The second kappa shape index (κ2) is 5.84. The Balaban J connectivity index is 2.07.